The second kappa shape index (κ2) is 7.22. The van der Waals surface area contributed by atoms with Crippen molar-refractivity contribution in [3.05, 3.63) is 29.6 Å². The van der Waals surface area contributed by atoms with Crippen molar-refractivity contribution in [1.82, 2.24) is 9.55 Å². The number of aryl methyl sites for hydroxylation is 1. The first-order valence-corrected chi connectivity index (χ1v) is 9.11. The molecule has 1 aromatic carbocycles. The Balaban J connectivity index is 0.000000956. The van der Waals surface area contributed by atoms with Crippen LogP contribution in [0.1, 0.15) is 25.2 Å². The molecule has 0 bridgehead atoms. The maximum atomic E-state index is 12.7. The van der Waals surface area contributed by atoms with Gasteiger partial charge in [-0.2, -0.15) is 13.2 Å². The van der Waals surface area contributed by atoms with Gasteiger partial charge in [0.25, 0.3) is 0 Å². The van der Waals surface area contributed by atoms with Crippen LogP contribution in [-0.4, -0.2) is 9.55 Å². The van der Waals surface area contributed by atoms with Crippen molar-refractivity contribution in [2.75, 3.05) is 0 Å². The van der Waals surface area contributed by atoms with Crippen LogP contribution in [0.4, 0.5) is 13.2 Å². The lowest BCUT2D eigenvalue weighted by Crippen LogP contribution is -2.12. The van der Waals surface area contributed by atoms with Gasteiger partial charge in [0.1, 0.15) is 0 Å². The fourth-order valence-corrected chi connectivity index (χ4v) is 2.10. The van der Waals surface area contributed by atoms with Crippen LogP contribution in [0, 0.1) is 11.2 Å². The van der Waals surface area contributed by atoms with E-state index in [9.17, 15) is 13.2 Å². The summed E-state index contributed by atoms with van der Waals surface area (Å²) in [6.45, 7) is 4.00. The van der Waals surface area contributed by atoms with Gasteiger partial charge in [0.2, 0.25) is 5.82 Å². The third-order valence-electron chi connectivity index (χ3n) is 2.37. The van der Waals surface area contributed by atoms with Crippen LogP contribution in [0.15, 0.2) is 18.2 Å². The molecule has 0 atom stereocenters. The van der Waals surface area contributed by atoms with Gasteiger partial charge >= 0.3 is 6.18 Å². The molecule has 0 amide bonds. The van der Waals surface area contributed by atoms with Gasteiger partial charge in [-0.25, -0.2) is 4.98 Å². The van der Waals surface area contributed by atoms with E-state index >= 15 is 0 Å². The maximum absolute atomic E-state index is 12.7. The molecule has 0 unspecified atom stereocenters. The number of fused-ring (bicyclic) bond motifs is 1. The molecule has 2 rings (SSSR count). The number of nitrogens with zero attached hydrogens (tertiary/aromatic N) is 2. The normalized spacial score (nSPS) is 10.6. The van der Waals surface area contributed by atoms with Crippen molar-refractivity contribution in [2.24, 2.45) is 7.05 Å². The number of alkyl halides is 3. The molecule has 20 heavy (non-hydrogen) atoms. The minimum absolute atomic E-state index is 0.301. The highest BCUT2D eigenvalue weighted by Gasteiger charge is 2.36. The average Bonchev–Trinajstić information content (AvgIpc) is 2.76. The number of hydrogen-bond donors (Lipinski definition) is 0. The molecule has 0 aliphatic rings. The van der Waals surface area contributed by atoms with Crippen molar-refractivity contribution in [2.45, 2.75) is 20.0 Å². The van der Waals surface area contributed by atoms with E-state index in [-0.39, 0.29) is 0 Å². The Morgan fingerprint density at radius 2 is 1.95 bits per heavy atom. The van der Waals surface area contributed by atoms with Gasteiger partial charge in [-0.15, -0.1) is 0 Å². The molecule has 0 spiro atoms. The Morgan fingerprint density at radius 3 is 2.50 bits per heavy atom. The van der Waals surface area contributed by atoms with Crippen LogP contribution in [-0.2, 0) is 13.2 Å². The van der Waals surface area contributed by atoms with Crippen molar-refractivity contribution in [3.63, 3.8) is 0 Å². The first-order chi connectivity index (χ1) is 9.43. The summed E-state index contributed by atoms with van der Waals surface area (Å²) in [5.41, 5.74) is 1.39. The Bertz CT molecular complexity index is 653. The molecule has 2 nitrogen and oxygen atoms in total. The van der Waals surface area contributed by atoms with Gasteiger partial charge in [-0.1, -0.05) is 19.8 Å². The summed E-state index contributed by atoms with van der Waals surface area (Å²) >= 11 is 2.03. The second-order valence-corrected chi connectivity index (χ2v) is 5.18. The van der Waals surface area contributed by atoms with Gasteiger partial charge in [0.15, 0.2) is 0 Å². The molecule has 2 aromatic rings. The van der Waals surface area contributed by atoms with Crippen molar-refractivity contribution in [3.8, 4) is 11.2 Å². The van der Waals surface area contributed by atoms with Gasteiger partial charge in [-0.3, -0.25) is 0 Å². The standard InChI is InChI=1S/C11H6F3IN2S.C2H6/c1-17-9-3-2-7(4-5-18-15)6-8(9)16-10(17)11(12,13)14;1-2/h2-3,6H,1H3;1-2H3. The first kappa shape index (κ1) is 17.2. The summed E-state index contributed by atoms with van der Waals surface area (Å²) in [4.78, 5) is 3.61. The average molecular weight is 412 g/mol. The van der Waals surface area contributed by atoms with Crippen LogP contribution in [0.25, 0.3) is 11.0 Å². The molecule has 0 aliphatic carbocycles. The molecule has 0 radical (unpaired) electrons. The van der Waals surface area contributed by atoms with E-state index < -0.39 is 12.0 Å². The molecule has 1 aromatic heterocycles. The molecule has 7 heteroatoms. The van der Waals surface area contributed by atoms with Crippen molar-refractivity contribution >= 4 is 41.2 Å². The zero-order chi connectivity index (χ0) is 15.3. The zero-order valence-corrected chi connectivity index (χ0v) is 14.0. The molecule has 1 heterocycles. The summed E-state index contributed by atoms with van der Waals surface area (Å²) in [5, 5.41) is 2.78. The minimum atomic E-state index is -4.45. The topological polar surface area (TPSA) is 17.8 Å². The van der Waals surface area contributed by atoms with E-state index in [2.05, 4.69) is 16.2 Å². The molecular weight excluding hydrogens is 400 g/mol. The van der Waals surface area contributed by atoms with Crippen LogP contribution in [0.2, 0.25) is 0 Å². The molecular formula is C13H12F3IN2S. The number of rotatable bonds is 0. The monoisotopic (exact) mass is 412 g/mol. The summed E-state index contributed by atoms with van der Waals surface area (Å²) in [5.74, 6) is 1.93. The SMILES string of the molecule is CC.Cn1c(C(F)(F)F)nc2cc(C#CSI)ccc21. The fourth-order valence-electron chi connectivity index (χ4n) is 1.61. The summed E-state index contributed by atoms with van der Waals surface area (Å²) in [6.07, 6.45) is -4.45. The summed E-state index contributed by atoms with van der Waals surface area (Å²) in [7, 11) is 2.67. The van der Waals surface area contributed by atoms with E-state index in [1.807, 2.05) is 35.1 Å². The number of hydrogen-bond acceptors (Lipinski definition) is 2. The molecule has 0 saturated heterocycles. The number of benzene rings is 1. The Morgan fingerprint density at radius 1 is 1.30 bits per heavy atom. The van der Waals surface area contributed by atoms with E-state index in [1.165, 1.54) is 16.0 Å². The van der Waals surface area contributed by atoms with E-state index in [0.717, 1.165) is 4.57 Å². The first-order valence-electron chi connectivity index (χ1n) is 5.76. The highest BCUT2D eigenvalue weighted by molar-refractivity contribution is 14.2. The van der Waals surface area contributed by atoms with Crippen molar-refractivity contribution in [1.29, 1.82) is 0 Å². The highest BCUT2D eigenvalue weighted by Crippen LogP contribution is 2.30. The van der Waals surface area contributed by atoms with E-state index in [0.29, 0.717) is 16.6 Å². The Labute approximate surface area is 131 Å². The second-order valence-electron chi connectivity index (χ2n) is 3.50. The number of aromatic nitrogens is 2. The predicted molar refractivity (Wildman–Crippen MR) is 85.6 cm³/mol. The van der Waals surface area contributed by atoms with Crippen LogP contribution >= 0.6 is 30.1 Å². The highest BCUT2D eigenvalue weighted by atomic mass is 127. The molecule has 108 valence electrons. The van der Waals surface area contributed by atoms with Gasteiger partial charge in [-0.05, 0) is 32.4 Å². The molecule has 0 fully saturated rings. The van der Waals surface area contributed by atoms with Crippen LogP contribution < -0.4 is 0 Å². The largest absolute Gasteiger partial charge is 0.449 e. The van der Waals surface area contributed by atoms with Crippen LogP contribution in [0.5, 0.6) is 0 Å². The zero-order valence-electron chi connectivity index (χ0n) is 11.0. The van der Waals surface area contributed by atoms with Gasteiger partial charge in [0.05, 0.1) is 11.0 Å². The lowest BCUT2D eigenvalue weighted by atomic mass is 10.2. The molecule has 0 saturated carbocycles. The summed E-state index contributed by atoms with van der Waals surface area (Å²) < 4.78 is 39.1. The van der Waals surface area contributed by atoms with Gasteiger partial charge < -0.3 is 4.57 Å². The number of imidazole rings is 1. The maximum Gasteiger partial charge on any atom is 0.449 e. The van der Waals surface area contributed by atoms with Crippen molar-refractivity contribution < 1.29 is 13.2 Å². The van der Waals surface area contributed by atoms with Crippen LogP contribution in [0.3, 0.4) is 0 Å². The third-order valence-corrected chi connectivity index (χ3v) is 3.21. The Kier molecular flexibility index (Phi) is 6.20. The minimum Gasteiger partial charge on any atom is -0.323 e. The van der Waals surface area contributed by atoms with E-state index in [4.69, 9.17) is 0 Å². The Hall–Kier alpha value is -0.880. The number of halogens is 4. The van der Waals surface area contributed by atoms with Gasteiger partial charge in [0, 0.05) is 33.8 Å². The molecule has 0 aliphatic heterocycles. The lowest BCUT2D eigenvalue weighted by Gasteiger charge is -2.05. The lowest BCUT2D eigenvalue weighted by molar-refractivity contribution is -0.146. The predicted octanol–water partition coefficient (Wildman–Crippen LogP) is 5.01. The third kappa shape index (κ3) is 3.82. The fraction of sp³-hybridized carbons (Fsp3) is 0.308. The summed E-state index contributed by atoms with van der Waals surface area (Å²) in [6, 6.07) is 4.84. The molecule has 0 N–H and O–H groups in total. The quantitative estimate of drug-likeness (QED) is 0.447. The smallest absolute Gasteiger partial charge is 0.323 e. The van der Waals surface area contributed by atoms with E-state index in [1.54, 1.807) is 18.2 Å².